The van der Waals surface area contributed by atoms with Crippen LogP contribution in [0.15, 0.2) is 18.2 Å². The van der Waals surface area contributed by atoms with Gasteiger partial charge in [0, 0.05) is 6.42 Å². The fourth-order valence-corrected chi connectivity index (χ4v) is 2.06. The maximum atomic E-state index is 12.3. The predicted octanol–water partition coefficient (Wildman–Crippen LogP) is 1.99. The molecule has 0 fully saturated rings. The molecule has 0 saturated carbocycles. The van der Waals surface area contributed by atoms with E-state index < -0.39 is 24.7 Å². The second-order valence-corrected chi connectivity index (χ2v) is 4.42. The van der Waals surface area contributed by atoms with E-state index in [9.17, 15) is 18.0 Å². The average Bonchev–Trinajstić information content (AvgIpc) is 2.84. The Kier molecular flexibility index (Phi) is 4.17. The third-order valence-electron chi connectivity index (χ3n) is 2.99. The van der Waals surface area contributed by atoms with Crippen molar-refractivity contribution in [2.75, 3.05) is 20.3 Å². The van der Waals surface area contributed by atoms with Gasteiger partial charge in [0.2, 0.25) is 0 Å². The van der Waals surface area contributed by atoms with E-state index >= 15 is 0 Å². The summed E-state index contributed by atoms with van der Waals surface area (Å²) in [6.07, 6.45) is -3.72. The molecule has 0 amide bonds. The molecule has 1 aliphatic heterocycles. The van der Waals surface area contributed by atoms with Gasteiger partial charge in [0.05, 0.1) is 20.3 Å². The van der Waals surface area contributed by atoms with Gasteiger partial charge in [-0.05, 0) is 23.3 Å². The SMILES string of the molecule is COC(=O)C(NCC(F)(F)F)c1ccc2c(c1)CCO2. The fourth-order valence-electron chi connectivity index (χ4n) is 2.06. The highest BCUT2D eigenvalue weighted by Crippen LogP contribution is 2.29. The molecule has 1 aromatic rings. The number of ether oxygens (including phenoxy) is 2. The highest BCUT2D eigenvalue weighted by atomic mass is 19.4. The number of alkyl halides is 3. The minimum atomic E-state index is -4.40. The Balaban J connectivity index is 2.20. The van der Waals surface area contributed by atoms with Crippen molar-refractivity contribution in [1.82, 2.24) is 5.32 Å². The maximum Gasteiger partial charge on any atom is 0.401 e. The number of methoxy groups -OCH3 is 1. The van der Waals surface area contributed by atoms with Crippen LogP contribution in [0.5, 0.6) is 5.75 Å². The topological polar surface area (TPSA) is 47.6 Å². The molecular formula is C13H14F3NO3. The average molecular weight is 289 g/mol. The van der Waals surface area contributed by atoms with E-state index in [0.717, 1.165) is 12.7 Å². The molecule has 0 saturated heterocycles. The van der Waals surface area contributed by atoms with Gasteiger partial charge < -0.3 is 9.47 Å². The van der Waals surface area contributed by atoms with Crippen LogP contribution in [-0.4, -0.2) is 32.4 Å². The molecule has 1 heterocycles. The number of hydrogen-bond acceptors (Lipinski definition) is 4. The van der Waals surface area contributed by atoms with Gasteiger partial charge in [-0.1, -0.05) is 6.07 Å². The van der Waals surface area contributed by atoms with E-state index in [1.54, 1.807) is 18.2 Å². The summed E-state index contributed by atoms with van der Waals surface area (Å²) in [6, 6.07) is 3.75. The first-order chi connectivity index (χ1) is 9.40. The summed E-state index contributed by atoms with van der Waals surface area (Å²) in [5, 5.41) is 2.18. The van der Waals surface area contributed by atoms with Crippen LogP contribution in [0.1, 0.15) is 17.2 Å². The Morgan fingerprint density at radius 2 is 2.25 bits per heavy atom. The highest BCUT2D eigenvalue weighted by Gasteiger charge is 2.31. The number of hydrogen-bond donors (Lipinski definition) is 1. The largest absolute Gasteiger partial charge is 0.493 e. The highest BCUT2D eigenvalue weighted by molar-refractivity contribution is 5.77. The van der Waals surface area contributed by atoms with Crippen molar-refractivity contribution < 1.29 is 27.4 Å². The molecule has 1 unspecified atom stereocenters. The summed E-state index contributed by atoms with van der Waals surface area (Å²) in [7, 11) is 1.14. The number of rotatable bonds is 4. The zero-order chi connectivity index (χ0) is 14.8. The van der Waals surface area contributed by atoms with Crippen LogP contribution in [-0.2, 0) is 16.0 Å². The molecule has 7 heteroatoms. The summed E-state index contributed by atoms with van der Waals surface area (Å²) in [6.45, 7) is -0.724. The zero-order valence-electron chi connectivity index (χ0n) is 10.8. The normalized spacial score (nSPS) is 15.4. The number of esters is 1. The molecule has 0 radical (unpaired) electrons. The molecule has 1 N–H and O–H groups in total. The van der Waals surface area contributed by atoms with Crippen molar-refractivity contribution >= 4 is 5.97 Å². The van der Waals surface area contributed by atoms with Gasteiger partial charge in [-0.25, -0.2) is 4.79 Å². The molecule has 0 spiro atoms. The smallest absolute Gasteiger partial charge is 0.401 e. The van der Waals surface area contributed by atoms with Gasteiger partial charge >= 0.3 is 12.1 Å². The number of nitrogens with one attached hydrogen (secondary N) is 1. The summed E-state index contributed by atoms with van der Waals surface area (Å²) in [4.78, 5) is 11.6. The molecule has 0 bridgehead atoms. The molecule has 110 valence electrons. The number of carbonyl (C=O) groups is 1. The first-order valence-electron chi connectivity index (χ1n) is 6.04. The molecule has 1 aliphatic rings. The molecule has 4 nitrogen and oxygen atoms in total. The van der Waals surface area contributed by atoms with Crippen molar-refractivity contribution in [3.05, 3.63) is 29.3 Å². The Labute approximate surface area is 113 Å². The predicted molar refractivity (Wildman–Crippen MR) is 64.5 cm³/mol. The van der Waals surface area contributed by atoms with E-state index in [1.165, 1.54) is 0 Å². The minimum absolute atomic E-state index is 0.436. The lowest BCUT2D eigenvalue weighted by molar-refractivity contribution is -0.146. The summed E-state index contributed by atoms with van der Waals surface area (Å²) >= 11 is 0. The van der Waals surface area contributed by atoms with Gasteiger partial charge in [-0.15, -0.1) is 0 Å². The molecule has 0 aromatic heterocycles. The lowest BCUT2D eigenvalue weighted by Gasteiger charge is -2.18. The van der Waals surface area contributed by atoms with Crippen LogP contribution in [0.4, 0.5) is 13.2 Å². The van der Waals surface area contributed by atoms with Crippen LogP contribution < -0.4 is 10.1 Å². The third kappa shape index (κ3) is 3.41. The molecule has 0 aliphatic carbocycles. The summed E-state index contributed by atoms with van der Waals surface area (Å²) in [5.74, 6) is -0.0543. The maximum absolute atomic E-state index is 12.3. The molecule has 1 aromatic carbocycles. The molecule has 20 heavy (non-hydrogen) atoms. The quantitative estimate of drug-likeness (QED) is 0.861. The summed E-state index contributed by atoms with van der Waals surface area (Å²) < 4.78 is 46.7. The number of halogens is 3. The Hall–Kier alpha value is -1.76. The van der Waals surface area contributed by atoms with Crippen molar-refractivity contribution in [2.24, 2.45) is 0 Å². The summed E-state index contributed by atoms with van der Waals surface area (Å²) in [5.41, 5.74) is 1.32. The molecule has 1 atom stereocenters. The van der Waals surface area contributed by atoms with Gasteiger partial charge in [0.1, 0.15) is 11.8 Å². The van der Waals surface area contributed by atoms with Crippen LogP contribution in [0.3, 0.4) is 0 Å². The number of fused-ring (bicyclic) bond motifs is 1. The van der Waals surface area contributed by atoms with E-state index in [-0.39, 0.29) is 0 Å². The third-order valence-corrected chi connectivity index (χ3v) is 2.99. The number of carbonyl (C=O) groups excluding carboxylic acids is 1. The van der Waals surface area contributed by atoms with Gasteiger partial charge in [-0.3, -0.25) is 5.32 Å². The van der Waals surface area contributed by atoms with Gasteiger partial charge in [-0.2, -0.15) is 13.2 Å². The first kappa shape index (κ1) is 14.6. The second-order valence-electron chi connectivity index (χ2n) is 4.42. The number of benzene rings is 1. The Morgan fingerprint density at radius 3 is 2.90 bits per heavy atom. The lowest BCUT2D eigenvalue weighted by atomic mass is 10.0. The van der Waals surface area contributed by atoms with Gasteiger partial charge in [0.25, 0.3) is 0 Å². The van der Waals surface area contributed by atoms with Crippen molar-refractivity contribution in [3.63, 3.8) is 0 Å². The van der Waals surface area contributed by atoms with E-state index in [0.29, 0.717) is 24.3 Å². The molecule has 2 rings (SSSR count). The zero-order valence-corrected chi connectivity index (χ0v) is 10.8. The monoisotopic (exact) mass is 289 g/mol. The van der Waals surface area contributed by atoms with Gasteiger partial charge in [0.15, 0.2) is 0 Å². The Morgan fingerprint density at radius 1 is 1.50 bits per heavy atom. The second kappa shape index (κ2) is 5.70. The van der Waals surface area contributed by atoms with E-state index in [4.69, 9.17) is 4.74 Å². The van der Waals surface area contributed by atoms with Crippen molar-refractivity contribution in [3.8, 4) is 5.75 Å². The fraction of sp³-hybridized carbons (Fsp3) is 0.462. The lowest BCUT2D eigenvalue weighted by Crippen LogP contribution is -2.36. The Bertz CT molecular complexity index is 502. The van der Waals surface area contributed by atoms with E-state index in [2.05, 4.69) is 10.1 Å². The first-order valence-corrected chi connectivity index (χ1v) is 6.04. The standard InChI is InChI=1S/C13H14F3NO3/c1-19-12(18)11(17-7-13(14,15)16)9-2-3-10-8(6-9)4-5-20-10/h2-3,6,11,17H,4-5,7H2,1H3. The van der Waals surface area contributed by atoms with Crippen LogP contribution in [0.25, 0.3) is 0 Å². The van der Waals surface area contributed by atoms with Crippen LogP contribution in [0, 0.1) is 0 Å². The van der Waals surface area contributed by atoms with Crippen LogP contribution in [0.2, 0.25) is 0 Å². The van der Waals surface area contributed by atoms with Crippen molar-refractivity contribution in [2.45, 2.75) is 18.6 Å². The molecular weight excluding hydrogens is 275 g/mol. The minimum Gasteiger partial charge on any atom is -0.493 e. The van der Waals surface area contributed by atoms with Crippen molar-refractivity contribution in [1.29, 1.82) is 0 Å². The van der Waals surface area contributed by atoms with Crippen LogP contribution >= 0.6 is 0 Å². The van der Waals surface area contributed by atoms with E-state index in [1.807, 2.05) is 0 Å².